The van der Waals surface area contributed by atoms with Gasteiger partial charge in [-0.15, -0.1) is 13.2 Å². The molecule has 0 aromatic carbocycles. The zero-order chi connectivity index (χ0) is 16.7. The molecule has 1 atom stereocenters. The highest BCUT2D eigenvalue weighted by molar-refractivity contribution is 5.96. The third-order valence-corrected chi connectivity index (χ3v) is 3.06. The van der Waals surface area contributed by atoms with Crippen molar-refractivity contribution in [2.24, 2.45) is 0 Å². The minimum Gasteiger partial charge on any atom is -0.360 e. The van der Waals surface area contributed by atoms with Crippen LogP contribution in [0.5, 0.6) is 0 Å². The average Bonchev–Trinajstić information content (AvgIpc) is 2.96. The first-order chi connectivity index (χ1) is 10.4. The van der Waals surface area contributed by atoms with Crippen LogP contribution in [0.25, 0.3) is 0 Å². The van der Waals surface area contributed by atoms with Crippen molar-refractivity contribution >= 4 is 11.8 Å². The van der Waals surface area contributed by atoms with Gasteiger partial charge in [-0.2, -0.15) is 0 Å². The number of rotatable bonds is 8. The summed E-state index contributed by atoms with van der Waals surface area (Å²) < 4.78 is 5.08. The first kappa shape index (κ1) is 17.7. The van der Waals surface area contributed by atoms with Crippen molar-refractivity contribution in [1.82, 2.24) is 15.4 Å². The summed E-state index contributed by atoms with van der Waals surface area (Å²) >= 11 is 0. The van der Waals surface area contributed by atoms with Crippen LogP contribution in [0.1, 0.15) is 42.9 Å². The molecule has 2 amide bonds. The van der Waals surface area contributed by atoms with Crippen molar-refractivity contribution < 1.29 is 14.1 Å². The van der Waals surface area contributed by atoms with Crippen LogP contribution in [0.3, 0.4) is 0 Å². The minimum absolute atomic E-state index is 0.142. The van der Waals surface area contributed by atoms with E-state index in [1.54, 1.807) is 30.0 Å². The molecule has 0 spiro atoms. The Morgan fingerprint density at radius 1 is 1.32 bits per heavy atom. The van der Waals surface area contributed by atoms with Gasteiger partial charge in [0.15, 0.2) is 5.69 Å². The van der Waals surface area contributed by atoms with Crippen molar-refractivity contribution in [1.29, 1.82) is 0 Å². The van der Waals surface area contributed by atoms with Crippen LogP contribution >= 0.6 is 0 Å². The van der Waals surface area contributed by atoms with Crippen LogP contribution in [0.4, 0.5) is 0 Å². The molecule has 22 heavy (non-hydrogen) atoms. The Balaban J connectivity index is 2.70. The molecule has 1 aromatic heterocycles. The number of carbonyl (C=O) groups excluding carboxylic acids is 2. The van der Waals surface area contributed by atoms with Crippen molar-refractivity contribution in [2.45, 2.75) is 32.7 Å². The maximum absolute atomic E-state index is 12.3. The van der Waals surface area contributed by atoms with E-state index in [1.165, 1.54) is 0 Å². The summed E-state index contributed by atoms with van der Waals surface area (Å²) in [5.74, 6) is 0.127. The molecule has 0 radical (unpaired) electrons. The number of aromatic nitrogens is 1. The van der Waals surface area contributed by atoms with Gasteiger partial charge in [0.25, 0.3) is 5.91 Å². The first-order valence-corrected chi connectivity index (χ1v) is 7.18. The number of nitrogens with one attached hydrogen (secondary N) is 1. The number of hydrogen-bond acceptors (Lipinski definition) is 4. The Hall–Kier alpha value is -2.37. The van der Waals surface area contributed by atoms with Gasteiger partial charge in [0, 0.05) is 25.1 Å². The molecule has 0 saturated carbocycles. The van der Waals surface area contributed by atoms with E-state index in [0.29, 0.717) is 18.8 Å². The Morgan fingerprint density at radius 2 is 1.91 bits per heavy atom. The number of amides is 2. The van der Waals surface area contributed by atoms with Crippen LogP contribution in [-0.2, 0) is 4.79 Å². The first-order valence-electron chi connectivity index (χ1n) is 7.18. The van der Waals surface area contributed by atoms with Gasteiger partial charge in [-0.25, -0.2) is 0 Å². The molecule has 1 unspecified atom stereocenters. The van der Waals surface area contributed by atoms with Gasteiger partial charge in [0.05, 0.1) is 0 Å². The maximum atomic E-state index is 12.3. The second-order valence-corrected chi connectivity index (χ2v) is 5.28. The van der Waals surface area contributed by atoms with Crippen LogP contribution in [-0.4, -0.2) is 41.0 Å². The van der Waals surface area contributed by atoms with Crippen molar-refractivity contribution in [3.63, 3.8) is 0 Å². The maximum Gasteiger partial charge on any atom is 0.274 e. The number of hydrogen-bond donors (Lipinski definition) is 1. The Morgan fingerprint density at radius 3 is 2.36 bits per heavy atom. The van der Waals surface area contributed by atoms with E-state index >= 15 is 0 Å². The van der Waals surface area contributed by atoms with E-state index in [4.69, 9.17) is 4.52 Å². The van der Waals surface area contributed by atoms with E-state index in [1.807, 2.05) is 13.8 Å². The molecule has 1 N–H and O–H groups in total. The smallest absolute Gasteiger partial charge is 0.274 e. The third kappa shape index (κ3) is 4.58. The van der Waals surface area contributed by atoms with Gasteiger partial charge >= 0.3 is 0 Å². The lowest BCUT2D eigenvalue weighted by molar-refractivity contribution is -0.131. The summed E-state index contributed by atoms with van der Waals surface area (Å²) in [5, 5.41) is 6.35. The summed E-state index contributed by atoms with van der Waals surface area (Å²) in [5.41, 5.74) is 0.169. The lowest BCUT2D eigenvalue weighted by Gasteiger charge is -2.23. The zero-order valence-electron chi connectivity index (χ0n) is 13.3. The monoisotopic (exact) mass is 305 g/mol. The van der Waals surface area contributed by atoms with Crippen LogP contribution in [0.2, 0.25) is 0 Å². The summed E-state index contributed by atoms with van der Waals surface area (Å²) in [6.07, 6.45) is 3.25. The summed E-state index contributed by atoms with van der Waals surface area (Å²) in [6.45, 7) is 13.5. The topological polar surface area (TPSA) is 75.4 Å². The highest BCUT2D eigenvalue weighted by atomic mass is 16.5. The molecule has 120 valence electrons. The highest BCUT2D eigenvalue weighted by Gasteiger charge is 2.23. The molecular weight excluding hydrogens is 282 g/mol. The molecule has 0 aliphatic rings. The minimum atomic E-state index is -0.674. The Kier molecular flexibility index (Phi) is 6.56. The lowest BCUT2D eigenvalue weighted by Crippen LogP contribution is -2.47. The van der Waals surface area contributed by atoms with Crippen molar-refractivity contribution in [3.05, 3.63) is 42.8 Å². The molecule has 0 aliphatic carbocycles. The highest BCUT2D eigenvalue weighted by Crippen LogP contribution is 2.15. The van der Waals surface area contributed by atoms with E-state index in [9.17, 15) is 9.59 Å². The third-order valence-electron chi connectivity index (χ3n) is 3.06. The number of nitrogens with zero attached hydrogens (tertiary/aromatic N) is 2. The van der Waals surface area contributed by atoms with E-state index in [-0.39, 0.29) is 17.5 Å². The summed E-state index contributed by atoms with van der Waals surface area (Å²) in [6, 6.07) is 0.911. The molecule has 0 fully saturated rings. The Labute approximate surface area is 130 Å². The van der Waals surface area contributed by atoms with Crippen LogP contribution in [0, 0.1) is 0 Å². The molecule has 6 heteroatoms. The molecule has 6 nitrogen and oxygen atoms in total. The predicted molar refractivity (Wildman–Crippen MR) is 84.5 cm³/mol. The fourth-order valence-corrected chi connectivity index (χ4v) is 1.84. The van der Waals surface area contributed by atoms with E-state index in [2.05, 4.69) is 23.6 Å². The van der Waals surface area contributed by atoms with Gasteiger partial charge in [-0.1, -0.05) is 31.2 Å². The number of carbonyl (C=O) groups is 2. The van der Waals surface area contributed by atoms with Crippen molar-refractivity contribution in [3.8, 4) is 0 Å². The van der Waals surface area contributed by atoms with Crippen LogP contribution in [0.15, 0.2) is 35.9 Å². The van der Waals surface area contributed by atoms with E-state index in [0.717, 1.165) is 0 Å². The molecule has 0 aliphatic heterocycles. The van der Waals surface area contributed by atoms with E-state index < -0.39 is 11.9 Å². The summed E-state index contributed by atoms with van der Waals surface area (Å²) in [7, 11) is 0. The van der Waals surface area contributed by atoms with Gasteiger partial charge in [0.1, 0.15) is 11.8 Å². The fourth-order valence-electron chi connectivity index (χ4n) is 1.84. The Bertz CT molecular complexity index is 539. The SMILES string of the molecule is C=CCN(CC=C)C(=O)C(C)NC(=O)c1cc(C(C)C)on1. The lowest BCUT2D eigenvalue weighted by atomic mass is 10.1. The molecule has 1 aromatic rings. The average molecular weight is 305 g/mol. The largest absolute Gasteiger partial charge is 0.360 e. The normalized spacial score (nSPS) is 11.8. The van der Waals surface area contributed by atoms with Gasteiger partial charge < -0.3 is 14.7 Å². The van der Waals surface area contributed by atoms with Crippen molar-refractivity contribution in [2.75, 3.05) is 13.1 Å². The molecule has 1 heterocycles. The van der Waals surface area contributed by atoms with Gasteiger partial charge in [-0.05, 0) is 6.92 Å². The second kappa shape index (κ2) is 8.17. The predicted octanol–water partition coefficient (Wildman–Crippen LogP) is 2.12. The zero-order valence-corrected chi connectivity index (χ0v) is 13.3. The second-order valence-electron chi connectivity index (χ2n) is 5.28. The van der Waals surface area contributed by atoms with Gasteiger partial charge in [-0.3, -0.25) is 9.59 Å². The fraction of sp³-hybridized carbons (Fsp3) is 0.438. The summed E-state index contributed by atoms with van der Waals surface area (Å²) in [4.78, 5) is 25.9. The molecular formula is C16H23N3O3. The quantitative estimate of drug-likeness (QED) is 0.746. The van der Waals surface area contributed by atoms with Gasteiger partial charge in [0.2, 0.25) is 5.91 Å². The van der Waals surface area contributed by atoms with Crippen LogP contribution < -0.4 is 5.32 Å². The molecule has 1 rings (SSSR count). The molecule has 0 bridgehead atoms. The standard InChI is InChI=1S/C16H23N3O3/c1-6-8-19(9-7-2)16(21)12(5)17-15(20)13-10-14(11(3)4)22-18-13/h6-7,10-12H,1-2,8-9H2,3-5H3,(H,17,20). The molecule has 0 saturated heterocycles.